The van der Waals surface area contributed by atoms with Gasteiger partial charge in [0.15, 0.2) is 0 Å². The molecule has 1 aliphatic heterocycles. The lowest BCUT2D eigenvalue weighted by molar-refractivity contribution is -0.150. The van der Waals surface area contributed by atoms with Gasteiger partial charge >= 0.3 is 5.97 Å². The van der Waals surface area contributed by atoms with Crippen molar-refractivity contribution in [3.8, 4) is 0 Å². The average molecular weight is 278 g/mol. The van der Waals surface area contributed by atoms with Crippen LogP contribution in [0, 0.1) is 5.92 Å². The van der Waals surface area contributed by atoms with E-state index in [2.05, 4.69) is 10.3 Å². The van der Waals surface area contributed by atoms with E-state index in [1.807, 2.05) is 0 Å². The summed E-state index contributed by atoms with van der Waals surface area (Å²) in [4.78, 5) is 25.5. The molecule has 1 aromatic heterocycles. The first-order valence-electron chi connectivity index (χ1n) is 7.05. The summed E-state index contributed by atoms with van der Waals surface area (Å²) in [5, 5.41) is 16.8. The Morgan fingerprint density at radius 3 is 2.80 bits per heavy atom. The van der Waals surface area contributed by atoms with E-state index >= 15 is 0 Å². The zero-order chi connectivity index (χ0) is 14.1. The lowest BCUT2D eigenvalue weighted by atomic mass is 9.85. The fourth-order valence-electron chi connectivity index (χ4n) is 3.58. The lowest BCUT2D eigenvalue weighted by Gasteiger charge is -2.32. The monoisotopic (exact) mass is 278 g/mol. The van der Waals surface area contributed by atoms with Crippen LogP contribution in [-0.4, -0.2) is 49.0 Å². The number of hydrogen-bond donors (Lipinski definition) is 1. The molecule has 7 heteroatoms. The largest absolute Gasteiger partial charge is 0.480 e. The van der Waals surface area contributed by atoms with Crippen molar-refractivity contribution < 1.29 is 14.7 Å². The van der Waals surface area contributed by atoms with Gasteiger partial charge in [0.25, 0.3) is 0 Å². The summed E-state index contributed by atoms with van der Waals surface area (Å²) in [6, 6.07) is -0.597. The van der Waals surface area contributed by atoms with Gasteiger partial charge in [-0.2, -0.15) is 0 Å². The molecule has 1 amide bonds. The number of aliphatic carboxylic acids is 1. The maximum atomic E-state index is 12.5. The Kier molecular flexibility index (Phi) is 3.42. The summed E-state index contributed by atoms with van der Waals surface area (Å²) in [5.74, 6) is -0.729. The molecule has 0 aromatic carbocycles. The van der Waals surface area contributed by atoms with Crippen LogP contribution in [0.4, 0.5) is 0 Å². The molecular formula is C13H18N4O3. The highest BCUT2D eigenvalue weighted by atomic mass is 16.4. The standard InChI is InChI=1S/C13H18N4O3/c18-12(8-16-6-5-14-15-16)17-10-4-2-1-3-9(10)7-11(17)13(19)20/h5-6,9-11H,1-4,7-8H2,(H,19,20)/t9-,10+,11+/m1/s1. The Morgan fingerprint density at radius 1 is 1.30 bits per heavy atom. The molecule has 20 heavy (non-hydrogen) atoms. The normalized spacial score (nSPS) is 29.2. The molecule has 1 saturated carbocycles. The van der Waals surface area contributed by atoms with Crippen molar-refractivity contribution in [1.82, 2.24) is 19.9 Å². The number of hydrogen-bond acceptors (Lipinski definition) is 4. The van der Waals surface area contributed by atoms with Crippen LogP contribution < -0.4 is 0 Å². The third-order valence-electron chi connectivity index (χ3n) is 4.43. The van der Waals surface area contributed by atoms with E-state index in [9.17, 15) is 14.7 Å². The van der Waals surface area contributed by atoms with E-state index in [-0.39, 0.29) is 18.5 Å². The molecule has 108 valence electrons. The summed E-state index contributed by atoms with van der Waals surface area (Å²) in [6.07, 6.45) is 7.86. The van der Waals surface area contributed by atoms with Crippen LogP contribution in [0.15, 0.2) is 12.4 Å². The van der Waals surface area contributed by atoms with Gasteiger partial charge in [0.05, 0.1) is 6.20 Å². The third kappa shape index (κ3) is 2.28. The van der Waals surface area contributed by atoms with Crippen molar-refractivity contribution in [2.24, 2.45) is 5.92 Å². The van der Waals surface area contributed by atoms with Crippen LogP contribution in [0.5, 0.6) is 0 Å². The number of aromatic nitrogens is 3. The molecule has 3 rings (SSSR count). The summed E-state index contributed by atoms with van der Waals surface area (Å²) in [7, 11) is 0. The average Bonchev–Trinajstić information content (AvgIpc) is 3.04. The Morgan fingerprint density at radius 2 is 2.10 bits per heavy atom. The Balaban J connectivity index is 1.79. The minimum atomic E-state index is -0.897. The first-order valence-corrected chi connectivity index (χ1v) is 7.05. The highest BCUT2D eigenvalue weighted by Gasteiger charge is 2.47. The number of nitrogens with zero attached hydrogens (tertiary/aromatic N) is 4. The van der Waals surface area contributed by atoms with Crippen LogP contribution in [-0.2, 0) is 16.1 Å². The molecule has 1 saturated heterocycles. The third-order valence-corrected chi connectivity index (χ3v) is 4.43. The molecule has 2 fully saturated rings. The summed E-state index contributed by atoms with van der Waals surface area (Å²) in [6.45, 7) is 0.0625. The minimum Gasteiger partial charge on any atom is -0.480 e. The molecule has 1 N–H and O–H groups in total. The second kappa shape index (κ2) is 5.22. The van der Waals surface area contributed by atoms with Crippen LogP contribution >= 0.6 is 0 Å². The van der Waals surface area contributed by atoms with Crippen LogP contribution in [0.25, 0.3) is 0 Å². The molecule has 0 radical (unpaired) electrons. The maximum Gasteiger partial charge on any atom is 0.326 e. The van der Waals surface area contributed by atoms with Gasteiger partial charge in [-0.05, 0) is 25.2 Å². The van der Waals surface area contributed by atoms with Gasteiger partial charge in [-0.3, -0.25) is 4.79 Å². The molecule has 3 atom stereocenters. The number of likely N-dealkylation sites (tertiary alicyclic amines) is 1. The number of carboxylic acids is 1. The lowest BCUT2D eigenvalue weighted by Crippen LogP contribution is -2.47. The Hall–Kier alpha value is -1.92. The quantitative estimate of drug-likeness (QED) is 0.871. The number of carbonyl (C=O) groups is 2. The molecule has 0 unspecified atom stereocenters. The van der Waals surface area contributed by atoms with Crippen LogP contribution in [0.1, 0.15) is 32.1 Å². The number of rotatable bonds is 3. The molecule has 1 aliphatic carbocycles. The van der Waals surface area contributed by atoms with E-state index in [1.54, 1.807) is 11.1 Å². The highest BCUT2D eigenvalue weighted by molar-refractivity contribution is 5.84. The molecule has 2 heterocycles. The van der Waals surface area contributed by atoms with E-state index in [4.69, 9.17) is 0 Å². The fraction of sp³-hybridized carbons (Fsp3) is 0.692. The molecular weight excluding hydrogens is 260 g/mol. The predicted octanol–water partition coefficient (Wildman–Crippen LogP) is 0.522. The molecule has 1 aromatic rings. The smallest absolute Gasteiger partial charge is 0.326 e. The Labute approximate surface area is 116 Å². The first kappa shape index (κ1) is 13.1. The van der Waals surface area contributed by atoms with Gasteiger partial charge in [0.2, 0.25) is 5.91 Å². The van der Waals surface area contributed by atoms with Crippen molar-refractivity contribution in [3.63, 3.8) is 0 Å². The summed E-state index contributed by atoms with van der Waals surface area (Å²) >= 11 is 0. The molecule has 0 spiro atoms. The van der Waals surface area contributed by atoms with Crippen molar-refractivity contribution in [1.29, 1.82) is 0 Å². The van der Waals surface area contributed by atoms with Gasteiger partial charge in [0, 0.05) is 12.2 Å². The zero-order valence-electron chi connectivity index (χ0n) is 11.2. The summed E-state index contributed by atoms with van der Waals surface area (Å²) in [5.41, 5.74) is 0. The highest BCUT2D eigenvalue weighted by Crippen LogP contribution is 2.39. The predicted molar refractivity (Wildman–Crippen MR) is 68.7 cm³/mol. The first-order chi connectivity index (χ1) is 9.66. The van der Waals surface area contributed by atoms with E-state index in [1.165, 1.54) is 10.9 Å². The van der Waals surface area contributed by atoms with Gasteiger partial charge in [-0.1, -0.05) is 18.1 Å². The van der Waals surface area contributed by atoms with Gasteiger partial charge in [0.1, 0.15) is 12.6 Å². The fourth-order valence-corrected chi connectivity index (χ4v) is 3.58. The topological polar surface area (TPSA) is 88.3 Å². The number of fused-ring (bicyclic) bond motifs is 1. The molecule has 2 aliphatic rings. The van der Waals surface area contributed by atoms with E-state index in [0.29, 0.717) is 12.3 Å². The molecule has 7 nitrogen and oxygen atoms in total. The van der Waals surface area contributed by atoms with Crippen LogP contribution in [0.2, 0.25) is 0 Å². The zero-order valence-corrected chi connectivity index (χ0v) is 11.2. The minimum absolute atomic E-state index is 0.0625. The van der Waals surface area contributed by atoms with E-state index < -0.39 is 12.0 Å². The maximum absolute atomic E-state index is 12.5. The van der Waals surface area contributed by atoms with E-state index in [0.717, 1.165) is 25.7 Å². The second-order valence-electron chi connectivity index (χ2n) is 5.60. The Bertz CT molecular complexity index is 502. The molecule has 0 bridgehead atoms. The number of amides is 1. The number of carboxylic acid groups (broad SMARTS) is 1. The van der Waals surface area contributed by atoms with Crippen molar-refractivity contribution in [2.75, 3.05) is 0 Å². The second-order valence-corrected chi connectivity index (χ2v) is 5.60. The van der Waals surface area contributed by atoms with Gasteiger partial charge < -0.3 is 10.0 Å². The summed E-state index contributed by atoms with van der Waals surface area (Å²) < 4.78 is 1.44. The number of carbonyl (C=O) groups excluding carboxylic acids is 1. The van der Waals surface area contributed by atoms with Crippen LogP contribution in [0.3, 0.4) is 0 Å². The van der Waals surface area contributed by atoms with Crippen molar-refractivity contribution in [3.05, 3.63) is 12.4 Å². The van der Waals surface area contributed by atoms with Crippen molar-refractivity contribution >= 4 is 11.9 Å². The van der Waals surface area contributed by atoms with Gasteiger partial charge in [-0.15, -0.1) is 5.10 Å². The van der Waals surface area contributed by atoms with Crippen molar-refractivity contribution in [2.45, 2.75) is 50.7 Å². The SMILES string of the molecule is O=C(O)[C@@H]1C[C@H]2CCCC[C@@H]2N1C(=O)Cn1ccnn1. The van der Waals surface area contributed by atoms with Gasteiger partial charge in [-0.25, -0.2) is 9.48 Å².